The standard InChI is InChI=1S/C17H27N3O5.ClH/c1-11(2)16(18)17(22)20-10-15(21)19-5-6-25-14-8-12(23-3)7-13(9-14)24-4;/h7-9,11,16H,5-6,10,18H2,1-4H3,(H,19,21)(H,20,22);1H/t16-;/m0./s1. The molecule has 4 N–H and O–H groups in total. The van der Waals surface area contributed by atoms with Crippen molar-refractivity contribution in [2.24, 2.45) is 11.7 Å². The van der Waals surface area contributed by atoms with Crippen LogP contribution in [0.3, 0.4) is 0 Å². The molecule has 0 unspecified atom stereocenters. The summed E-state index contributed by atoms with van der Waals surface area (Å²) in [6.45, 7) is 4.13. The van der Waals surface area contributed by atoms with Crippen molar-refractivity contribution in [3.8, 4) is 17.2 Å². The van der Waals surface area contributed by atoms with Crippen LogP contribution in [-0.2, 0) is 9.59 Å². The number of carbonyl (C=O) groups is 2. The topological polar surface area (TPSA) is 112 Å². The maximum absolute atomic E-state index is 11.7. The van der Waals surface area contributed by atoms with Crippen molar-refractivity contribution in [2.45, 2.75) is 19.9 Å². The van der Waals surface area contributed by atoms with Crippen LogP contribution in [-0.4, -0.2) is 51.8 Å². The molecule has 8 nitrogen and oxygen atoms in total. The first-order valence-corrected chi connectivity index (χ1v) is 8.03. The highest BCUT2D eigenvalue weighted by atomic mass is 35.5. The molecule has 0 radical (unpaired) electrons. The van der Waals surface area contributed by atoms with Crippen molar-refractivity contribution < 1.29 is 23.8 Å². The van der Waals surface area contributed by atoms with E-state index < -0.39 is 6.04 Å². The van der Waals surface area contributed by atoms with Gasteiger partial charge in [0, 0.05) is 18.2 Å². The Hall–Kier alpha value is -2.19. The first-order valence-electron chi connectivity index (χ1n) is 8.03. The van der Waals surface area contributed by atoms with Crippen molar-refractivity contribution in [1.29, 1.82) is 0 Å². The third-order valence-corrected chi connectivity index (χ3v) is 3.46. The largest absolute Gasteiger partial charge is 0.496 e. The van der Waals surface area contributed by atoms with Gasteiger partial charge in [-0.25, -0.2) is 0 Å². The first kappa shape index (κ1) is 23.8. The molecular weight excluding hydrogens is 362 g/mol. The Morgan fingerprint density at radius 2 is 1.58 bits per heavy atom. The van der Waals surface area contributed by atoms with Crippen LogP contribution in [0, 0.1) is 5.92 Å². The van der Waals surface area contributed by atoms with Gasteiger partial charge < -0.3 is 30.6 Å². The van der Waals surface area contributed by atoms with Crippen LogP contribution >= 0.6 is 12.4 Å². The van der Waals surface area contributed by atoms with E-state index in [4.69, 9.17) is 19.9 Å². The number of rotatable bonds is 10. The van der Waals surface area contributed by atoms with Crippen LogP contribution in [0.25, 0.3) is 0 Å². The summed E-state index contributed by atoms with van der Waals surface area (Å²) in [4.78, 5) is 23.4. The number of nitrogens with one attached hydrogen (secondary N) is 2. The Kier molecular flexibility index (Phi) is 11.2. The predicted octanol–water partition coefficient (Wildman–Crippen LogP) is 0.720. The Bertz CT molecular complexity index is 561. The van der Waals surface area contributed by atoms with E-state index in [-0.39, 0.29) is 43.3 Å². The lowest BCUT2D eigenvalue weighted by Crippen LogP contribution is -2.47. The molecule has 0 spiro atoms. The Labute approximate surface area is 160 Å². The fourth-order valence-corrected chi connectivity index (χ4v) is 1.87. The number of ether oxygens (including phenoxy) is 3. The smallest absolute Gasteiger partial charge is 0.239 e. The van der Waals surface area contributed by atoms with Crippen molar-refractivity contribution in [3.63, 3.8) is 0 Å². The summed E-state index contributed by atoms with van der Waals surface area (Å²) in [6, 6.07) is 4.55. The summed E-state index contributed by atoms with van der Waals surface area (Å²) in [5, 5.41) is 5.15. The fraction of sp³-hybridized carbons (Fsp3) is 0.529. The first-order chi connectivity index (χ1) is 11.9. The highest BCUT2D eigenvalue weighted by Crippen LogP contribution is 2.27. The molecule has 1 aromatic rings. The lowest BCUT2D eigenvalue weighted by atomic mass is 10.1. The number of amides is 2. The van der Waals surface area contributed by atoms with Gasteiger partial charge in [-0.1, -0.05) is 13.8 Å². The van der Waals surface area contributed by atoms with E-state index >= 15 is 0 Å². The van der Waals surface area contributed by atoms with Crippen molar-refractivity contribution in [2.75, 3.05) is 33.9 Å². The van der Waals surface area contributed by atoms with Crippen LogP contribution in [0.2, 0.25) is 0 Å². The normalized spacial score (nSPS) is 11.2. The molecule has 0 fully saturated rings. The van der Waals surface area contributed by atoms with Crippen molar-refractivity contribution >= 4 is 24.2 Å². The second-order valence-corrected chi connectivity index (χ2v) is 5.73. The number of hydrogen-bond acceptors (Lipinski definition) is 6. The summed E-state index contributed by atoms with van der Waals surface area (Å²) in [5.41, 5.74) is 5.70. The second-order valence-electron chi connectivity index (χ2n) is 5.73. The maximum atomic E-state index is 11.7. The third kappa shape index (κ3) is 8.26. The van der Waals surface area contributed by atoms with Crippen LogP contribution in [0.1, 0.15) is 13.8 Å². The van der Waals surface area contributed by atoms with Gasteiger partial charge >= 0.3 is 0 Å². The number of halogens is 1. The minimum atomic E-state index is -0.626. The number of benzene rings is 1. The lowest BCUT2D eigenvalue weighted by molar-refractivity contribution is -0.127. The molecule has 0 bridgehead atoms. The molecule has 1 rings (SSSR count). The minimum Gasteiger partial charge on any atom is -0.496 e. The molecule has 2 amide bonds. The van der Waals surface area contributed by atoms with Gasteiger partial charge in [-0.2, -0.15) is 0 Å². The molecule has 148 valence electrons. The maximum Gasteiger partial charge on any atom is 0.239 e. The van der Waals surface area contributed by atoms with Gasteiger partial charge in [0.2, 0.25) is 11.8 Å². The highest BCUT2D eigenvalue weighted by Gasteiger charge is 2.17. The van der Waals surface area contributed by atoms with Gasteiger partial charge in [-0.15, -0.1) is 12.4 Å². The molecule has 0 saturated heterocycles. The molecular formula is C17H28ClN3O5. The van der Waals surface area contributed by atoms with Crippen molar-refractivity contribution in [1.82, 2.24) is 10.6 Å². The predicted molar refractivity (Wildman–Crippen MR) is 101 cm³/mol. The Balaban J connectivity index is 0.00000625. The van der Waals surface area contributed by atoms with Crippen molar-refractivity contribution in [3.05, 3.63) is 18.2 Å². The van der Waals surface area contributed by atoms with E-state index in [2.05, 4.69) is 10.6 Å². The Morgan fingerprint density at radius 3 is 2.08 bits per heavy atom. The summed E-state index contributed by atoms with van der Waals surface area (Å²) in [5.74, 6) is 1.16. The van der Waals surface area contributed by atoms with Crippen LogP contribution < -0.4 is 30.6 Å². The van der Waals surface area contributed by atoms with Crippen LogP contribution in [0.4, 0.5) is 0 Å². The van der Waals surface area contributed by atoms with Gasteiger partial charge in [-0.05, 0) is 5.92 Å². The van der Waals surface area contributed by atoms with Gasteiger partial charge in [0.05, 0.1) is 33.4 Å². The molecule has 0 aliphatic rings. The number of methoxy groups -OCH3 is 2. The number of carbonyl (C=O) groups excluding carboxylic acids is 2. The molecule has 26 heavy (non-hydrogen) atoms. The van der Waals surface area contributed by atoms with E-state index in [9.17, 15) is 9.59 Å². The molecule has 0 aliphatic carbocycles. The van der Waals surface area contributed by atoms with E-state index in [0.29, 0.717) is 23.8 Å². The number of hydrogen-bond donors (Lipinski definition) is 3. The zero-order chi connectivity index (χ0) is 18.8. The van der Waals surface area contributed by atoms with E-state index in [1.165, 1.54) is 0 Å². The van der Waals surface area contributed by atoms with Gasteiger partial charge in [0.15, 0.2) is 0 Å². The fourth-order valence-electron chi connectivity index (χ4n) is 1.87. The summed E-state index contributed by atoms with van der Waals surface area (Å²) < 4.78 is 15.9. The van der Waals surface area contributed by atoms with E-state index in [0.717, 1.165) is 0 Å². The number of nitrogens with two attached hydrogens (primary N) is 1. The average Bonchev–Trinajstić information content (AvgIpc) is 2.61. The highest BCUT2D eigenvalue weighted by molar-refractivity contribution is 5.87. The van der Waals surface area contributed by atoms with Gasteiger partial charge in [0.25, 0.3) is 0 Å². The molecule has 9 heteroatoms. The van der Waals surface area contributed by atoms with Gasteiger partial charge in [0.1, 0.15) is 23.9 Å². The summed E-state index contributed by atoms with van der Waals surface area (Å²) in [7, 11) is 3.11. The summed E-state index contributed by atoms with van der Waals surface area (Å²) >= 11 is 0. The summed E-state index contributed by atoms with van der Waals surface area (Å²) in [6.07, 6.45) is 0. The molecule has 0 saturated carbocycles. The Morgan fingerprint density at radius 1 is 1.04 bits per heavy atom. The van der Waals surface area contributed by atoms with E-state index in [1.54, 1.807) is 32.4 Å². The third-order valence-electron chi connectivity index (χ3n) is 3.46. The zero-order valence-electron chi connectivity index (χ0n) is 15.5. The lowest BCUT2D eigenvalue weighted by Gasteiger charge is -2.15. The zero-order valence-corrected chi connectivity index (χ0v) is 16.4. The van der Waals surface area contributed by atoms with Crippen LogP contribution in [0.15, 0.2) is 18.2 Å². The minimum absolute atomic E-state index is 0. The molecule has 1 aromatic carbocycles. The molecule has 0 aliphatic heterocycles. The van der Waals surface area contributed by atoms with Crippen LogP contribution in [0.5, 0.6) is 17.2 Å². The average molecular weight is 390 g/mol. The quantitative estimate of drug-likeness (QED) is 0.508. The molecule has 0 aromatic heterocycles. The SMILES string of the molecule is COc1cc(OC)cc(OCCNC(=O)CNC(=O)[C@@H](N)C(C)C)c1.Cl. The molecule has 0 heterocycles. The molecule has 1 atom stereocenters. The second kappa shape index (κ2) is 12.2. The van der Waals surface area contributed by atoms with Gasteiger partial charge in [-0.3, -0.25) is 9.59 Å². The monoisotopic (exact) mass is 389 g/mol. The van der Waals surface area contributed by atoms with E-state index in [1.807, 2.05) is 13.8 Å².